The number of nitrogens with one attached hydrogen (secondary N) is 1. The van der Waals surface area contributed by atoms with Crippen molar-refractivity contribution < 1.29 is 18.7 Å². The van der Waals surface area contributed by atoms with Crippen LogP contribution in [0.5, 0.6) is 5.75 Å². The highest BCUT2D eigenvalue weighted by Gasteiger charge is 2.34. The highest BCUT2D eigenvalue weighted by atomic mass is 35.5. The monoisotopic (exact) mass is 605 g/mol. The van der Waals surface area contributed by atoms with Gasteiger partial charge in [0.25, 0.3) is 5.91 Å². The number of aliphatic imine (C=N–C) groups is 1. The van der Waals surface area contributed by atoms with Gasteiger partial charge in [-0.05, 0) is 65.7 Å². The summed E-state index contributed by atoms with van der Waals surface area (Å²) in [5.74, 6) is -0.844. The molecule has 0 bridgehead atoms. The molecule has 0 atom stereocenters. The molecule has 1 heterocycles. The van der Waals surface area contributed by atoms with Gasteiger partial charge in [0.1, 0.15) is 23.9 Å². The van der Waals surface area contributed by atoms with Crippen LogP contribution in [0.25, 0.3) is 6.08 Å². The van der Waals surface area contributed by atoms with E-state index in [-0.39, 0.29) is 28.2 Å². The molecule has 0 aromatic heterocycles. The van der Waals surface area contributed by atoms with Crippen LogP contribution in [0.2, 0.25) is 10.0 Å². The van der Waals surface area contributed by atoms with Crippen molar-refractivity contribution in [2.45, 2.75) is 6.61 Å². The van der Waals surface area contributed by atoms with Crippen LogP contribution in [-0.2, 0) is 16.2 Å². The Morgan fingerprint density at radius 1 is 0.951 bits per heavy atom. The minimum absolute atomic E-state index is 0.0350. The molecule has 4 aromatic rings. The zero-order valence-electron chi connectivity index (χ0n) is 21.4. The van der Waals surface area contributed by atoms with Crippen LogP contribution in [0.15, 0.2) is 108 Å². The minimum Gasteiger partial charge on any atom is -0.489 e. The van der Waals surface area contributed by atoms with Crippen molar-refractivity contribution in [1.29, 1.82) is 0 Å². The van der Waals surface area contributed by atoms with E-state index in [2.05, 4.69) is 10.3 Å². The summed E-state index contributed by atoms with van der Waals surface area (Å²) in [6.45, 7) is 0.435. The fourth-order valence-electron chi connectivity index (χ4n) is 3.90. The fourth-order valence-corrected chi connectivity index (χ4v) is 5.01. The Hall–Kier alpha value is -4.11. The first-order chi connectivity index (χ1) is 19.9. The molecule has 0 saturated carbocycles. The molecule has 5 rings (SSSR count). The largest absolute Gasteiger partial charge is 0.489 e. The van der Waals surface area contributed by atoms with E-state index in [9.17, 15) is 14.0 Å². The molecular weight excluding hydrogens is 584 g/mol. The average Bonchev–Trinajstić information content (AvgIpc) is 3.28. The lowest BCUT2D eigenvalue weighted by Crippen LogP contribution is -2.32. The van der Waals surface area contributed by atoms with Crippen molar-refractivity contribution >= 4 is 69.4 Å². The normalized spacial score (nSPS) is 13.8. The number of benzene rings is 4. The summed E-state index contributed by atoms with van der Waals surface area (Å²) in [6.07, 6.45) is 1.54. The molecule has 4 aromatic carbocycles. The minimum atomic E-state index is -0.594. The van der Waals surface area contributed by atoms with Crippen LogP contribution in [0.1, 0.15) is 11.1 Å². The van der Waals surface area contributed by atoms with E-state index in [1.807, 2.05) is 30.3 Å². The third-order valence-corrected chi connectivity index (χ3v) is 7.57. The molecule has 41 heavy (non-hydrogen) atoms. The number of para-hydroxylation sites is 1. The molecular formula is C31H22Cl2FN3O3S. The first-order valence-corrected chi connectivity index (χ1v) is 14.2. The predicted octanol–water partition coefficient (Wildman–Crippen LogP) is 7.83. The Kier molecular flexibility index (Phi) is 9.04. The molecule has 0 unspecified atom stereocenters. The topological polar surface area (TPSA) is 71.0 Å². The number of anilines is 2. The van der Waals surface area contributed by atoms with Crippen molar-refractivity contribution in [1.82, 2.24) is 0 Å². The fraction of sp³-hybridized carbons (Fsp3) is 0.0645. The van der Waals surface area contributed by atoms with Crippen molar-refractivity contribution in [2.24, 2.45) is 4.99 Å². The number of carbonyl (C=O) groups excluding carboxylic acids is 2. The van der Waals surface area contributed by atoms with Gasteiger partial charge in [-0.1, -0.05) is 83.5 Å². The Morgan fingerprint density at radius 2 is 1.68 bits per heavy atom. The molecule has 206 valence electrons. The molecule has 0 fully saturated rings. The van der Waals surface area contributed by atoms with Gasteiger partial charge in [-0.25, -0.2) is 9.38 Å². The van der Waals surface area contributed by atoms with E-state index in [1.165, 1.54) is 24.3 Å². The van der Waals surface area contributed by atoms with Crippen LogP contribution >= 0.6 is 35.0 Å². The maximum absolute atomic E-state index is 14.7. The number of amidine groups is 1. The predicted molar refractivity (Wildman–Crippen MR) is 164 cm³/mol. The van der Waals surface area contributed by atoms with Gasteiger partial charge in [0.2, 0.25) is 5.91 Å². The molecule has 6 nitrogen and oxygen atoms in total. The van der Waals surface area contributed by atoms with E-state index < -0.39 is 11.7 Å². The highest BCUT2D eigenvalue weighted by molar-refractivity contribution is 8.14. The van der Waals surface area contributed by atoms with E-state index >= 15 is 0 Å². The van der Waals surface area contributed by atoms with Gasteiger partial charge in [0, 0.05) is 5.69 Å². The van der Waals surface area contributed by atoms with Crippen LogP contribution in [-0.4, -0.2) is 22.7 Å². The van der Waals surface area contributed by atoms with Gasteiger partial charge in [-0.15, -0.1) is 0 Å². The zero-order chi connectivity index (χ0) is 28.8. The van der Waals surface area contributed by atoms with Crippen molar-refractivity contribution in [3.05, 3.63) is 130 Å². The number of ether oxygens (including phenoxy) is 1. The van der Waals surface area contributed by atoms with Crippen molar-refractivity contribution in [3.8, 4) is 5.75 Å². The first kappa shape index (κ1) is 28.4. The third-order valence-electron chi connectivity index (χ3n) is 5.89. The Bertz CT molecular complexity index is 1650. The molecule has 0 spiro atoms. The smallest absolute Gasteiger partial charge is 0.283 e. The summed E-state index contributed by atoms with van der Waals surface area (Å²) in [5.41, 5.74) is 2.33. The maximum atomic E-state index is 14.7. The van der Waals surface area contributed by atoms with Crippen molar-refractivity contribution in [3.63, 3.8) is 0 Å². The lowest BCUT2D eigenvalue weighted by molar-refractivity contribution is -0.114. The first-order valence-electron chi connectivity index (χ1n) is 12.4. The van der Waals surface area contributed by atoms with Gasteiger partial charge >= 0.3 is 0 Å². The number of rotatable bonds is 8. The summed E-state index contributed by atoms with van der Waals surface area (Å²) in [4.78, 5) is 31.7. The number of amides is 2. The van der Waals surface area contributed by atoms with Gasteiger partial charge in [0.05, 0.1) is 21.5 Å². The number of hydrogen-bond acceptors (Lipinski definition) is 5. The van der Waals surface area contributed by atoms with Gasteiger partial charge in [-0.3, -0.25) is 14.5 Å². The van der Waals surface area contributed by atoms with E-state index in [0.29, 0.717) is 33.7 Å². The van der Waals surface area contributed by atoms with Gasteiger partial charge in [-0.2, -0.15) is 0 Å². The summed E-state index contributed by atoms with van der Waals surface area (Å²) in [6, 6.07) is 27.6. The van der Waals surface area contributed by atoms with E-state index in [1.54, 1.807) is 48.5 Å². The number of hydrogen-bond donors (Lipinski definition) is 1. The lowest BCUT2D eigenvalue weighted by Gasteiger charge is -2.18. The maximum Gasteiger partial charge on any atom is 0.283 e. The number of nitrogens with zero attached hydrogens (tertiary/aromatic N) is 2. The average molecular weight is 607 g/mol. The number of carbonyl (C=O) groups is 2. The molecule has 0 aliphatic carbocycles. The standard InChI is InChI=1S/C31H22Cl2FN3O3S/c32-24-15-10-21(16-25(24)33)17-27-30(39)37(28-9-5-4-8-26(28)34)31(36-27)41-19-29(38)35-22-11-13-23(14-12-22)40-18-20-6-2-1-3-7-20/h1-17H,18-19H2,(H,35,38)/b27-17+. The summed E-state index contributed by atoms with van der Waals surface area (Å²) >= 11 is 13.1. The molecule has 2 amide bonds. The molecule has 0 radical (unpaired) electrons. The number of halogens is 3. The quantitative estimate of drug-likeness (QED) is 0.208. The second kappa shape index (κ2) is 13.0. The molecule has 10 heteroatoms. The zero-order valence-corrected chi connectivity index (χ0v) is 23.7. The summed E-state index contributed by atoms with van der Waals surface area (Å²) < 4.78 is 20.5. The number of thioether (sulfide) groups is 1. The van der Waals surface area contributed by atoms with Crippen LogP contribution < -0.4 is 15.0 Å². The molecule has 1 N–H and O–H groups in total. The second-order valence-corrected chi connectivity index (χ2v) is 10.6. The SMILES string of the molecule is O=C(CSC1=N/C(=C/c2ccc(Cl)c(Cl)c2)C(=O)N1c1ccccc1F)Nc1ccc(OCc2ccccc2)cc1. The Labute approximate surface area is 250 Å². The summed E-state index contributed by atoms with van der Waals surface area (Å²) in [5, 5.41) is 3.69. The van der Waals surface area contributed by atoms with Crippen molar-refractivity contribution in [2.75, 3.05) is 16.0 Å². The molecule has 1 aliphatic heterocycles. The second-order valence-electron chi connectivity index (χ2n) is 8.82. The van der Waals surface area contributed by atoms with E-state index in [0.717, 1.165) is 22.2 Å². The third kappa shape index (κ3) is 7.16. The van der Waals surface area contributed by atoms with Gasteiger partial charge in [0.15, 0.2) is 5.17 Å². The van der Waals surface area contributed by atoms with Gasteiger partial charge < -0.3 is 10.1 Å². The lowest BCUT2D eigenvalue weighted by atomic mass is 10.2. The molecule has 1 aliphatic rings. The molecule has 0 saturated heterocycles. The van der Waals surface area contributed by atoms with Crippen LogP contribution in [0.3, 0.4) is 0 Å². The van der Waals surface area contributed by atoms with E-state index in [4.69, 9.17) is 27.9 Å². The van der Waals surface area contributed by atoms with Crippen LogP contribution in [0.4, 0.5) is 15.8 Å². The Morgan fingerprint density at radius 3 is 2.41 bits per heavy atom. The summed E-state index contributed by atoms with van der Waals surface area (Å²) in [7, 11) is 0. The highest BCUT2D eigenvalue weighted by Crippen LogP contribution is 2.32. The Balaban J connectivity index is 1.27. The van der Waals surface area contributed by atoms with Crippen LogP contribution in [0, 0.1) is 5.82 Å².